The molecule has 3 heteroatoms. The minimum absolute atomic E-state index is 0.782. The molecule has 1 heterocycles. The summed E-state index contributed by atoms with van der Waals surface area (Å²) in [6.45, 7) is 6.14. The molecule has 0 unspecified atom stereocenters. The Kier molecular flexibility index (Phi) is 3.06. The molecule has 2 nitrogen and oxygen atoms in total. The van der Waals surface area contributed by atoms with Crippen molar-refractivity contribution < 1.29 is 0 Å². The number of rotatable bonds is 1. The molecule has 2 rings (SSSR count). The van der Waals surface area contributed by atoms with Gasteiger partial charge in [0.25, 0.3) is 0 Å². The first-order valence-corrected chi connectivity index (χ1v) is 5.93. The van der Waals surface area contributed by atoms with Crippen LogP contribution in [0.2, 0.25) is 0 Å². The van der Waals surface area contributed by atoms with Crippen LogP contribution in [0.15, 0.2) is 29.0 Å². The van der Waals surface area contributed by atoms with Gasteiger partial charge in [0.05, 0.1) is 0 Å². The zero-order valence-electron chi connectivity index (χ0n) is 9.58. The van der Waals surface area contributed by atoms with E-state index >= 15 is 0 Å². The first-order chi connectivity index (χ1) is 7.58. The molecule has 0 N–H and O–H groups in total. The average Bonchev–Trinajstić information content (AvgIpc) is 2.26. The summed E-state index contributed by atoms with van der Waals surface area (Å²) in [6.07, 6.45) is 3.68. The van der Waals surface area contributed by atoms with Gasteiger partial charge in [-0.15, -0.1) is 0 Å². The van der Waals surface area contributed by atoms with Crippen LogP contribution in [0.3, 0.4) is 0 Å². The predicted octanol–water partition coefficient (Wildman–Crippen LogP) is 3.83. The maximum absolute atomic E-state index is 4.33. The summed E-state index contributed by atoms with van der Waals surface area (Å²) < 4.78 is 1.16. The zero-order valence-corrected chi connectivity index (χ0v) is 11.2. The first kappa shape index (κ1) is 11.3. The molecule has 0 saturated heterocycles. The van der Waals surface area contributed by atoms with E-state index in [0.29, 0.717) is 0 Å². The van der Waals surface area contributed by atoms with Crippen molar-refractivity contribution in [3.63, 3.8) is 0 Å². The van der Waals surface area contributed by atoms with Gasteiger partial charge in [-0.25, -0.2) is 9.97 Å². The first-order valence-electron chi connectivity index (χ1n) is 5.13. The van der Waals surface area contributed by atoms with E-state index in [2.05, 4.69) is 51.9 Å². The summed E-state index contributed by atoms with van der Waals surface area (Å²) >= 11 is 3.56. The SMILES string of the molecule is Cc1cnc(-c2cc(C)c(Br)c(C)c2)nc1. The van der Waals surface area contributed by atoms with Gasteiger partial charge in [-0.1, -0.05) is 15.9 Å². The van der Waals surface area contributed by atoms with Crippen LogP contribution in [0, 0.1) is 20.8 Å². The molecule has 0 aliphatic rings. The Morgan fingerprint density at radius 1 is 0.938 bits per heavy atom. The Bertz CT molecular complexity index is 495. The highest BCUT2D eigenvalue weighted by Gasteiger charge is 2.05. The maximum Gasteiger partial charge on any atom is 0.159 e. The Balaban J connectivity index is 2.52. The molecule has 0 saturated carbocycles. The molecular formula is C13H13BrN2. The van der Waals surface area contributed by atoms with E-state index < -0.39 is 0 Å². The van der Waals surface area contributed by atoms with Crippen LogP contribution in [0.4, 0.5) is 0 Å². The van der Waals surface area contributed by atoms with Crippen molar-refractivity contribution in [2.75, 3.05) is 0 Å². The van der Waals surface area contributed by atoms with Gasteiger partial charge in [-0.3, -0.25) is 0 Å². The summed E-state index contributed by atoms with van der Waals surface area (Å²) in [5.41, 5.74) is 4.56. The molecule has 2 aromatic rings. The number of aryl methyl sites for hydroxylation is 3. The standard InChI is InChI=1S/C13H13BrN2/c1-8-6-15-13(16-7-8)11-4-9(2)12(14)10(3)5-11/h4-7H,1-3H3. The van der Waals surface area contributed by atoms with Gasteiger partial charge >= 0.3 is 0 Å². The summed E-state index contributed by atoms with van der Waals surface area (Å²) in [5.74, 6) is 0.782. The van der Waals surface area contributed by atoms with Gasteiger partial charge in [-0.2, -0.15) is 0 Å². The quantitative estimate of drug-likeness (QED) is 0.791. The lowest BCUT2D eigenvalue weighted by atomic mass is 10.1. The molecule has 0 fully saturated rings. The second-order valence-corrected chi connectivity index (χ2v) is 4.80. The fourth-order valence-corrected chi connectivity index (χ4v) is 1.85. The highest BCUT2D eigenvalue weighted by Crippen LogP contribution is 2.26. The normalized spacial score (nSPS) is 10.5. The predicted molar refractivity (Wildman–Crippen MR) is 69.4 cm³/mol. The van der Waals surface area contributed by atoms with Gasteiger partial charge in [0.15, 0.2) is 5.82 Å². The summed E-state index contributed by atoms with van der Waals surface area (Å²) in [4.78, 5) is 8.67. The van der Waals surface area contributed by atoms with Crippen LogP contribution in [0.5, 0.6) is 0 Å². The molecule has 16 heavy (non-hydrogen) atoms. The third-order valence-electron chi connectivity index (χ3n) is 2.48. The monoisotopic (exact) mass is 276 g/mol. The minimum Gasteiger partial charge on any atom is -0.236 e. The van der Waals surface area contributed by atoms with Crippen molar-refractivity contribution in [1.82, 2.24) is 9.97 Å². The molecule has 1 aromatic heterocycles. The van der Waals surface area contributed by atoms with E-state index in [-0.39, 0.29) is 0 Å². The molecule has 0 amide bonds. The van der Waals surface area contributed by atoms with Crippen LogP contribution in [-0.2, 0) is 0 Å². The molecule has 0 spiro atoms. The smallest absolute Gasteiger partial charge is 0.159 e. The van der Waals surface area contributed by atoms with Crippen molar-refractivity contribution in [1.29, 1.82) is 0 Å². The Labute approximate surface area is 104 Å². The largest absolute Gasteiger partial charge is 0.236 e. The van der Waals surface area contributed by atoms with Gasteiger partial charge in [0.2, 0.25) is 0 Å². The number of aromatic nitrogens is 2. The minimum atomic E-state index is 0.782. The van der Waals surface area contributed by atoms with Crippen LogP contribution in [0.1, 0.15) is 16.7 Å². The third-order valence-corrected chi connectivity index (χ3v) is 3.73. The lowest BCUT2D eigenvalue weighted by molar-refractivity contribution is 1.13. The molecule has 82 valence electrons. The second-order valence-electron chi connectivity index (χ2n) is 4.01. The highest BCUT2D eigenvalue weighted by atomic mass is 79.9. The number of nitrogens with zero attached hydrogens (tertiary/aromatic N) is 2. The molecule has 0 aliphatic heterocycles. The summed E-state index contributed by atoms with van der Waals surface area (Å²) in [6, 6.07) is 4.20. The third kappa shape index (κ3) is 2.14. The number of benzene rings is 1. The Hall–Kier alpha value is -1.22. The highest BCUT2D eigenvalue weighted by molar-refractivity contribution is 9.10. The van der Waals surface area contributed by atoms with Crippen LogP contribution >= 0.6 is 15.9 Å². The molecule has 0 bridgehead atoms. The molecule has 0 atom stereocenters. The zero-order chi connectivity index (χ0) is 11.7. The molecule has 1 aromatic carbocycles. The molecular weight excluding hydrogens is 264 g/mol. The Morgan fingerprint density at radius 2 is 1.44 bits per heavy atom. The van der Waals surface area contributed by atoms with Gasteiger partial charge in [0, 0.05) is 22.4 Å². The van der Waals surface area contributed by atoms with Crippen molar-refractivity contribution in [3.8, 4) is 11.4 Å². The van der Waals surface area contributed by atoms with Crippen LogP contribution in [-0.4, -0.2) is 9.97 Å². The van der Waals surface area contributed by atoms with Gasteiger partial charge in [0.1, 0.15) is 0 Å². The van der Waals surface area contributed by atoms with Crippen molar-refractivity contribution in [3.05, 3.63) is 45.7 Å². The number of halogens is 1. The fourth-order valence-electron chi connectivity index (χ4n) is 1.62. The summed E-state index contributed by atoms with van der Waals surface area (Å²) in [5, 5.41) is 0. The second kappa shape index (κ2) is 4.34. The lowest BCUT2D eigenvalue weighted by Gasteiger charge is -2.06. The van der Waals surface area contributed by atoms with E-state index in [1.54, 1.807) is 0 Å². The molecule has 0 aliphatic carbocycles. The van der Waals surface area contributed by atoms with E-state index in [9.17, 15) is 0 Å². The van der Waals surface area contributed by atoms with E-state index in [1.807, 2.05) is 19.3 Å². The van der Waals surface area contributed by atoms with E-state index in [1.165, 1.54) is 11.1 Å². The van der Waals surface area contributed by atoms with Crippen molar-refractivity contribution >= 4 is 15.9 Å². The van der Waals surface area contributed by atoms with Crippen LogP contribution < -0.4 is 0 Å². The van der Waals surface area contributed by atoms with E-state index in [0.717, 1.165) is 21.4 Å². The van der Waals surface area contributed by atoms with Gasteiger partial charge < -0.3 is 0 Å². The topological polar surface area (TPSA) is 25.8 Å². The maximum atomic E-state index is 4.33. The fraction of sp³-hybridized carbons (Fsp3) is 0.231. The average molecular weight is 277 g/mol. The van der Waals surface area contributed by atoms with Gasteiger partial charge in [-0.05, 0) is 49.6 Å². The summed E-state index contributed by atoms with van der Waals surface area (Å²) in [7, 11) is 0. The van der Waals surface area contributed by atoms with Crippen molar-refractivity contribution in [2.45, 2.75) is 20.8 Å². The number of hydrogen-bond acceptors (Lipinski definition) is 2. The number of hydrogen-bond donors (Lipinski definition) is 0. The van der Waals surface area contributed by atoms with Crippen molar-refractivity contribution in [2.24, 2.45) is 0 Å². The lowest BCUT2D eigenvalue weighted by Crippen LogP contribution is -1.91. The van der Waals surface area contributed by atoms with Crippen LogP contribution in [0.25, 0.3) is 11.4 Å². The molecule has 0 radical (unpaired) electrons. The Morgan fingerprint density at radius 3 is 1.94 bits per heavy atom. The van der Waals surface area contributed by atoms with E-state index in [4.69, 9.17) is 0 Å².